The van der Waals surface area contributed by atoms with Crippen LogP contribution in [-0.4, -0.2) is 12.5 Å². The molecule has 0 aliphatic heterocycles. The van der Waals surface area contributed by atoms with Crippen LogP contribution in [0.25, 0.3) is 0 Å². The maximum atomic E-state index is 10.4. The quantitative estimate of drug-likeness (QED) is 0.641. The van der Waals surface area contributed by atoms with Gasteiger partial charge in [0.25, 0.3) is 0 Å². The smallest absolute Gasteiger partial charge is 0.150 e. The largest absolute Gasteiger partial charge is 0.298 e. The Morgan fingerprint density at radius 3 is 3.00 bits per heavy atom. The fraction of sp³-hybridized carbons (Fsp3) is 0.222. The van der Waals surface area contributed by atoms with Crippen molar-refractivity contribution in [3.63, 3.8) is 0 Å². The Bertz CT molecular complexity index is 245. The molecule has 0 N–H and O–H groups in total. The lowest BCUT2D eigenvalue weighted by Gasteiger charge is -1.97. The highest BCUT2D eigenvalue weighted by Crippen LogP contribution is 2.09. The summed E-state index contributed by atoms with van der Waals surface area (Å²) in [7, 11) is 0. The fourth-order valence-electron chi connectivity index (χ4n) is 0.923. The van der Waals surface area contributed by atoms with Crippen LogP contribution in [0, 0.1) is 0 Å². The van der Waals surface area contributed by atoms with E-state index in [0.717, 1.165) is 17.6 Å². The van der Waals surface area contributed by atoms with Crippen LogP contribution in [0.4, 0.5) is 0 Å². The van der Waals surface area contributed by atoms with E-state index in [0.29, 0.717) is 0 Å². The summed E-state index contributed by atoms with van der Waals surface area (Å²) in [4.78, 5) is 10.4. The minimum atomic E-state index is 0.761. The Kier molecular flexibility index (Phi) is 3.17. The summed E-state index contributed by atoms with van der Waals surface area (Å²) in [5.41, 5.74) is 1.97. The number of rotatable bonds is 3. The molecule has 1 aromatic carbocycles. The normalized spacial score (nSPS) is 9.55. The van der Waals surface area contributed by atoms with Crippen molar-refractivity contribution in [1.82, 2.24) is 0 Å². The zero-order chi connectivity index (χ0) is 8.10. The van der Waals surface area contributed by atoms with Crippen molar-refractivity contribution >= 4 is 18.0 Å². The van der Waals surface area contributed by atoms with E-state index in [1.54, 1.807) is 11.8 Å². The Labute approximate surface area is 70.8 Å². The average molecular weight is 166 g/mol. The van der Waals surface area contributed by atoms with Crippen LogP contribution in [0.5, 0.6) is 0 Å². The maximum Gasteiger partial charge on any atom is 0.150 e. The first-order valence-corrected chi connectivity index (χ1v) is 4.79. The van der Waals surface area contributed by atoms with E-state index >= 15 is 0 Å². The van der Waals surface area contributed by atoms with Gasteiger partial charge in [-0.2, -0.15) is 11.8 Å². The summed E-state index contributed by atoms with van der Waals surface area (Å²) >= 11 is 1.76. The molecule has 0 aliphatic carbocycles. The third-order valence-electron chi connectivity index (χ3n) is 1.40. The van der Waals surface area contributed by atoms with Gasteiger partial charge in [-0.15, -0.1) is 0 Å². The number of aldehydes is 1. The van der Waals surface area contributed by atoms with Crippen LogP contribution in [0.3, 0.4) is 0 Å². The summed E-state index contributed by atoms with van der Waals surface area (Å²) in [6.07, 6.45) is 2.93. The number of carbonyl (C=O) groups is 1. The predicted octanol–water partition coefficient (Wildman–Crippen LogP) is 2.36. The van der Waals surface area contributed by atoms with Gasteiger partial charge >= 0.3 is 0 Å². The zero-order valence-corrected chi connectivity index (χ0v) is 7.23. The van der Waals surface area contributed by atoms with Crippen molar-refractivity contribution in [1.29, 1.82) is 0 Å². The number of thioether (sulfide) groups is 1. The van der Waals surface area contributed by atoms with E-state index in [4.69, 9.17) is 0 Å². The minimum Gasteiger partial charge on any atom is -0.298 e. The number of hydrogen-bond acceptors (Lipinski definition) is 2. The highest BCUT2D eigenvalue weighted by atomic mass is 32.2. The van der Waals surface area contributed by atoms with Gasteiger partial charge in [-0.1, -0.05) is 18.2 Å². The van der Waals surface area contributed by atoms with Crippen molar-refractivity contribution in [3.05, 3.63) is 35.4 Å². The molecule has 58 valence electrons. The van der Waals surface area contributed by atoms with Gasteiger partial charge in [-0.3, -0.25) is 4.79 Å². The molecule has 11 heavy (non-hydrogen) atoms. The molecule has 0 unspecified atom stereocenters. The molecule has 0 saturated carbocycles. The molecule has 2 heteroatoms. The first kappa shape index (κ1) is 8.34. The first-order chi connectivity index (χ1) is 5.36. The van der Waals surface area contributed by atoms with E-state index in [1.165, 1.54) is 5.56 Å². The Morgan fingerprint density at radius 2 is 2.36 bits per heavy atom. The standard InChI is InChI=1S/C9H10OS/c1-11-7-9-4-2-3-8(5-9)6-10/h2-6H,7H2,1H3. The van der Waals surface area contributed by atoms with Gasteiger partial charge in [-0.05, 0) is 17.9 Å². The van der Waals surface area contributed by atoms with E-state index in [-0.39, 0.29) is 0 Å². The van der Waals surface area contributed by atoms with Gasteiger partial charge in [-0.25, -0.2) is 0 Å². The predicted molar refractivity (Wildman–Crippen MR) is 49.0 cm³/mol. The molecule has 0 aromatic heterocycles. The second-order valence-electron chi connectivity index (χ2n) is 2.30. The molecule has 0 spiro atoms. The monoisotopic (exact) mass is 166 g/mol. The van der Waals surface area contributed by atoms with Gasteiger partial charge in [0.1, 0.15) is 6.29 Å². The topological polar surface area (TPSA) is 17.1 Å². The highest BCUT2D eigenvalue weighted by Gasteiger charge is 1.92. The van der Waals surface area contributed by atoms with E-state index in [9.17, 15) is 4.79 Å². The SMILES string of the molecule is CSCc1cccc(C=O)c1. The zero-order valence-electron chi connectivity index (χ0n) is 6.41. The van der Waals surface area contributed by atoms with Crippen LogP contribution < -0.4 is 0 Å². The second kappa shape index (κ2) is 4.19. The first-order valence-electron chi connectivity index (χ1n) is 3.40. The van der Waals surface area contributed by atoms with E-state index < -0.39 is 0 Å². The van der Waals surface area contributed by atoms with E-state index in [1.807, 2.05) is 30.5 Å². The van der Waals surface area contributed by atoms with Crippen LogP contribution in [-0.2, 0) is 5.75 Å². The third-order valence-corrected chi connectivity index (χ3v) is 2.02. The van der Waals surface area contributed by atoms with Crippen molar-refractivity contribution in [2.75, 3.05) is 6.26 Å². The molecule has 1 nitrogen and oxygen atoms in total. The molecule has 0 bridgehead atoms. The molecule has 1 rings (SSSR count). The maximum absolute atomic E-state index is 10.4. The van der Waals surface area contributed by atoms with Gasteiger partial charge in [0, 0.05) is 11.3 Å². The Hall–Kier alpha value is -0.760. The Morgan fingerprint density at radius 1 is 1.55 bits per heavy atom. The molecule has 0 amide bonds. The summed E-state index contributed by atoms with van der Waals surface area (Å²) in [6.45, 7) is 0. The number of hydrogen-bond donors (Lipinski definition) is 0. The van der Waals surface area contributed by atoms with E-state index in [2.05, 4.69) is 0 Å². The molecule has 1 aromatic rings. The molecule has 0 heterocycles. The van der Waals surface area contributed by atoms with Crippen LogP contribution in [0.2, 0.25) is 0 Å². The molecule has 0 aliphatic rings. The van der Waals surface area contributed by atoms with Gasteiger partial charge in [0.15, 0.2) is 0 Å². The van der Waals surface area contributed by atoms with Crippen LogP contribution >= 0.6 is 11.8 Å². The Balaban J connectivity index is 2.82. The highest BCUT2D eigenvalue weighted by molar-refractivity contribution is 7.97. The average Bonchev–Trinajstić information content (AvgIpc) is 2.06. The van der Waals surface area contributed by atoms with Crippen LogP contribution in [0.1, 0.15) is 15.9 Å². The lowest BCUT2D eigenvalue weighted by molar-refractivity contribution is 0.112. The van der Waals surface area contributed by atoms with Crippen molar-refractivity contribution in [3.8, 4) is 0 Å². The second-order valence-corrected chi connectivity index (χ2v) is 3.16. The number of carbonyl (C=O) groups excluding carboxylic acids is 1. The van der Waals surface area contributed by atoms with Crippen molar-refractivity contribution in [2.45, 2.75) is 5.75 Å². The van der Waals surface area contributed by atoms with Crippen molar-refractivity contribution < 1.29 is 4.79 Å². The van der Waals surface area contributed by atoms with Gasteiger partial charge < -0.3 is 0 Å². The summed E-state index contributed by atoms with van der Waals surface area (Å²) in [6, 6.07) is 7.68. The third kappa shape index (κ3) is 2.39. The lowest BCUT2D eigenvalue weighted by Crippen LogP contribution is -1.83. The molecule has 0 fully saturated rings. The van der Waals surface area contributed by atoms with Gasteiger partial charge in [0.05, 0.1) is 0 Å². The fourth-order valence-corrected chi connectivity index (χ4v) is 1.44. The summed E-state index contributed by atoms with van der Waals surface area (Å²) in [5, 5.41) is 0. The molecule has 0 saturated heterocycles. The van der Waals surface area contributed by atoms with Crippen molar-refractivity contribution in [2.24, 2.45) is 0 Å². The number of benzene rings is 1. The molecular weight excluding hydrogens is 156 g/mol. The van der Waals surface area contributed by atoms with Crippen LogP contribution in [0.15, 0.2) is 24.3 Å². The molecule has 0 atom stereocenters. The summed E-state index contributed by atoms with van der Waals surface area (Å²) in [5.74, 6) is 0.974. The summed E-state index contributed by atoms with van der Waals surface area (Å²) < 4.78 is 0. The lowest BCUT2D eigenvalue weighted by atomic mass is 10.2. The molecule has 0 radical (unpaired) electrons. The molecular formula is C9H10OS. The van der Waals surface area contributed by atoms with Gasteiger partial charge in [0.2, 0.25) is 0 Å². The minimum absolute atomic E-state index is 0.761.